The predicted octanol–water partition coefficient (Wildman–Crippen LogP) is 1.18. The summed E-state index contributed by atoms with van der Waals surface area (Å²) in [4.78, 5) is 23.2. The highest BCUT2D eigenvalue weighted by molar-refractivity contribution is 5.94. The van der Waals surface area contributed by atoms with Crippen molar-refractivity contribution in [1.29, 1.82) is 0 Å². The first kappa shape index (κ1) is 14.4. The summed E-state index contributed by atoms with van der Waals surface area (Å²) in [6.07, 6.45) is 2.27. The van der Waals surface area contributed by atoms with Crippen LogP contribution >= 0.6 is 0 Å². The van der Waals surface area contributed by atoms with E-state index in [2.05, 4.69) is 5.32 Å². The van der Waals surface area contributed by atoms with Gasteiger partial charge in [0.25, 0.3) is 5.56 Å². The van der Waals surface area contributed by atoms with Gasteiger partial charge >= 0.3 is 0 Å². The van der Waals surface area contributed by atoms with Crippen molar-refractivity contribution in [3.8, 4) is 0 Å². The highest BCUT2D eigenvalue weighted by atomic mass is 16.2. The van der Waals surface area contributed by atoms with Crippen molar-refractivity contribution >= 4 is 11.6 Å². The molecule has 0 spiro atoms. The van der Waals surface area contributed by atoms with Crippen molar-refractivity contribution in [2.24, 2.45) is 11.7 Å². The number of rotatable bonds is 5. The van der Waals surface area contributed by atoms with E-state index in [1.165, 1.54) is 10.6 Å². The van der Waals surface area contributed by atoms with Crippen LogP contribution in [0.4, 0.5) is 5.69 Å². The van der Waals surface area contributed by atoms with E-state index in [4.69, 9.17) is 5.73 Å². The Hall–Kier alpha value is -1.62. The molecule has 5 heteroatoms. The quantitative estimate of drug-likeness (QED) is 0.825. The van der Waals surface area contributed by atoms with Crippen LogP contribution in [0.2, 0.25) is 0 Å². The standard InChI is InChI=1S/C13H21N3O2/c1-4-16-8-10(5-6-12(16)17)15-13(18)11(14)7-9(2)3/h5-6,8-9,11H,4,7,14H2,1-3H3,(H,15,18)/t11-/m0/s1. The Morgan fingerprint density at radius 3 is 2.67 bits per heavy atom. The number of hydrogen-bond donors (Lipinski definition) is 2. The molecule has 0 fully saturated rings. The molecule has 0 aliphatic heterocycles. The largest absolute Gasteiger partial charge is 0.323 e. The highest BCUT2D eigenvalue weighted by Crippen LogP contribution is 2.07. The second-order valence-corrected chi connectivity index (χ2v) is 4.77. The minimum absolute atomic E-state index is 0.0815. The number of anilines is 1. The molecule has 1 atom stereocenters. The van der Waals surface area contributed by atoms with E-state index >= 15 is 0 Å². The van der Waals surface area contributed by atoms with Crippen molar-refractivity contribution in [3.63, 3.8) is 0 Å². The normalized spacial score (nSPS) is 12.5. The van der Waals surface area contributed by atoms with Gasteiger partial charge < -0.3 is 15.6 Å². The summed E-state index contributed by atoms with van der Waals surface area (Å²) in [6.45, 7) is 6.48. The number of amides is 1. The van der Waals surface area contributed by atoms with E-state index in [1.807, 2.05) is 20.8 Å². The van der Waals surface area contributed by atoms with Crippen LogP contribution in [0.1, 0.15) is 27.2 Å². The zero-order chi connectivity index (χ0) is 13.7. The number of hydrogen-bond acceptors (Lipinski definition) is 3. The van der Waals surface area contributed by atoms with E-state index in [9.17, 15) is 9.59 Å². The molecule has 1 rings (SSSR count). The molecule has 0 aromatic carbocycles. The Bertz CT molecular complexity index is 466. The SMILES string of the molecule is CCn1cc(NC(=O)[C@@H](N)CC(C)C)ccc1=O. The third-order valence-electron chi connectivity index (χ3n) is 2.65. The topological polar surface area (TPSA) is 77.1 Å². The van der Waals surface area contributed by atoms with Crippen LogP contribution < -0.4 is 16.6 Å². The summed E-state index contributed by atoms with van der Waals surface area (Å²) < 4.78 is 1.53. The number of nitrogens with two attached hydrogens (primary N) is 1. The van der Waals surface area contributed by atoms with E-state index in [-0.39, 0.29) is 11.5 Å². The van der Waals surface area contributed by atoms with E-state index in [1.54, 1.807) is 12.3 Å². The average molecular weight is 251 g/mol. The van der Waals surface area contributed by atoms with E-state index in [0.29, 0.717) is 24.6 Å². The number of carbonyl (C=O) groups excluding carboxylic acids is 1. The first-order valence-corrected chi connectivity index (χ1v) is 6.21. The number of nitrogens with zero attached hydrogens (tertiary/aromatic N) is 1. The van der Waals surface area contributed by atoms with Gasteiger partial charge in [-0.3, -0.25) is 9.59 Å². The Balaban J connectivity index is 2.73. The number of aromatic nitrogens is 1. The molecule has 1 aromatic rings. The highest BCUT2D eigenvalue weighted by Gasteiger charge is 2.15. The maximum Gasteiger partial charge on any atom is 0.250 e. The second kappa shape index (κ2) is 6.35. The van der Waals surface area contributed by atoms with Crippen LogP contribution in [0, 0.1) is 5.92 Å². The molecular formula is C13H21N3O2. The van der Waals surface area contributed by atoms with Gasteiger partial charge in [0.1, 0.15) is 0 Å². The van der Waals surface area contributed by atoms with Crippen molar-refractivity contribution in [2.45, 2.75) is 39.8 Å². The molecule has 1 aromatic heterocycles. The molecule has 100 valence electrons. The molecular weight excluding hydrogens is 230 g/mol. The summed E-state index contributed by atoms with van der Waals surface area (Å²) >= 11 is 0. The number of pyridine rings is 1. The molecule has 0 unspecified atom stereocenters. The molecule has 0 saturated heterocycles. The molecule has 0 bridgehead atoms. The molecule has 3 N–H and O–H groups in total. The van der Waals surface area contributed by atoms with E-state index < -0.39 is 6.04 Å². The van der Waals surface area contributed by atoms with Gasteiger partial charge in [0.15, 0.2) is 0 Å². The van der Waals surface area contributed by atoms with Crippen molar-refractivity contribution in [3.05, 3.63) is 28.7 Å². The molecule has 1 amide bonds. The predicted molar refractivity (Wildman–Crippen MR) is 72.4 cm³/mol. The van der Waals surface area contributed by atoms with Gasteiger partial charge in [-0.1, -0.05) is 13.8 Å². The molecule has 0 aliphatic carbocycles. The molecule has 0 aliphatic rings. The van der Waals surface area contributed by atoms with Gasteiger partial charge in [-0.15, -0.1) is 0 Å². The lowest BCUT2D eigenvalue weighted by molar-refractivity contribution is -0.117. The first-order chi connectivity index (χ1) is 8.43. The van der Waals surface area contributed by atoms with Crippen molar-refractivity contribution < 1.29 is 4.79 Å². The summed E-state index contributed by atoms with van der Waals surface area (Å²) in [6, 6.07) is 2.51. The van der Waals surface area contributed by atoms with Gasteiger partial charge in [-0.25, -0.2) is 0 Å². The molecule has 5 nitrogen and oxygen atoms in total. The fourth-order valence-electron chi connectivity index (χ4n) is 1.70. The van der Waals surface area contributed by atoms with Crippen LogP contribution in [0.25, 0.3) is 0 Å². The maximum atomic E-state index is 11.8. The van der Waals surface area contributed by atoms with Crippen LogP contribution in [-0.4, -0.2) is 16.5 Å². The zero-order valence-corrected chi connectivity index (χ0v) is 11.1. The summed E-state index contributed by atoms with van der Waals surface area (Å²) in [7, 11) is 0. The zero-order valence-electron chi connectivity index (χ0n) is 11.1. The lowest BCUT2D eigenvalue weighted by atomic mass is 10.0. The summed E-state index contributed by atoms with van der Waals surface area (Å²) in [5, 5.41) is 2.73. The lowest BCUT2D eigenvalue weighted by Gasteiger charge is -2.14. The molecule has 1 heterocycles. The third kappa shape index (κ3) is 4.00. The fraction of sp³-hybridized carbons (Fsp3) is 0.538. The summed E-state index contributed by atoms with van der Waals surface area (Å²) in [5.74, 6) is 0.153. The minimum Gasteiger partial charge on any atom is -0.323 e. The van der Waals surface area contributed by atoms with Crippen LogP contribution in [0.3, 0.4) is 0 Å². The third-order valence-corrected chi connectivity index (χ3v) is 2.65. The average Bonchev–Trinajstić information content (AvgIpc) is 2.30. The van der Waals surface area contributed by atoms with Gasteiger partial charge in [-0.2, -0.15) is 0 Å². The second-order valence-electron chi connectivity index (χ2n) is 4.77. The van der Waals surface area contributed by atoms with Gasteiger partial charge in [0, 0.05) is 18.8 Å². The molecule has 0 saturated carbocycles. The Morgan fingerprint density at radius 2 is 2.11 bits per heavy atom. The van der Waals surface area contributed by atoms with Crippen LogP contribution in [0.15, 0.2) is 23.1 Å². The minimum atomic E-state index is -0.521. The lowest BCUT2D eigenvalue weighted by Crippen LogP contribution is -2.37. The summed E-state index contributed by atoms with van der Waals surface area (Å²) in [5.41, 5.74) is 6.30. The molecule has 18 heavy (non-hydrogen) atoms. The Labute approximate surface area is 107 Å². The van der Waals surface area contributed by atoms with Crippen LogP contribution in [-0.2, 0) is 11.3 Å². The van der Waals surface area contributed by atoms with E-state index in [0.717, 1.165) is 0 Å². The monoisotopic (exact) mass is 251 g/mol. The number of nitrogens with one attached hydrogen (secondary N) is 1. The first-order valence-electron chi connectivity index (χ1n) is 6.21. The Kier molecular flexibility index (Phi) is 5.09. The van der Waals surface area contributed by atoms with Crippen molar-refractivity contribution in [1.82, 2.24) is 4.57 Å². The van der Waals surface area contributed by atoms with Gasteiger partial charge in [0.2, 0.25) is 5.91 Å². The number of carbonyl (C=O) groups is 1. The number of aryl methyl sites for hydroxylation is 1. The van der Waals surface area contributed by atoms with Crippen molar-refractivity contribution in [2.75, 3.05) is 5.32 Å². The molecule has 0 radical (unpaired) electrons. The Morgan fingerprint density at radius 1 is 1.44 bits per heavy atom. The van der Waals surface area contributed by atoms with Gasteiger partial charge in [-0.05, 0) is 25.3 Å². The fourth-order valence-corrected chi connectivity index (χ4v) is 1.70. The van der Waals surface area contributed by atoms with Gasteiger partial charge in [0.05, 0.1) is 11.7 Å². The maximum absolute atomic E-state index is 11.8. The van der Waals surface area contributed by atoms with Crippen LogP contribution in [0.5, 0.6) is 0 Å². The smallest absolute Gasteiger partial charge is 0.250 e.